The van der Waals surface area contributed by atoms with E-state index in [1.54, 1.807) is 16.8 Å². The highest BCUT2D eigenvalue weighted by Crippen LogP contribution is 2.33. The first-order chi connectivity index (χ1) is 16.0. The van der Waals surface area contributed by atoms with Gasteiger partial charge >= 0.3 is 6.03 Å². The van der Waals surface area contributed by atoms with Crippen molar-refractivity contribution in [1.29, 1.82) is 0 Å². The average Bonchev–Trinajstić information content (AvgIpc) is 3.73. The first kappa shape index (κ1) is 20.0. The molecular weight excluding hydrogens is 424 g/mol. The van der Waals surface area contributed by atoms with Gasteiger partial charge in [0.25, 0.3) is 5.91 Å². The van der Waals surface area contributed by atoms with Gasteiger partial charge in [0.1, 0.15) is 17.3 Å². The maximum atomic E-state index is 12.5. The Morgan fingerprint density at radius 3 is 2.58 bits per heavy atom. The second kappa shape index (κ2) is 7.75. The Hall–Kier alpha value is -3.63. The molecule has 172 valence electrons. The third kappa shape index (κ3) is 4.10. The van der Waals surface area contributed by atoms with Crippen molar-refractivity contribution in [2.75, 3.05) is 36.4 Å². The number of piperazine rings is 1. The molecule has 2 aliphatic heterocycles. The molecule has 11 nitrogen and oxygen atoms in total. The number of nitrogens with zero attached hydrogens (tertiary/aromatic N) is 5. The zero-order valence-electron chi connectivity index (χ0n) is 18.2. The zero-order chi connectivity index (χ0) is 22.5. The number of imide groups is 1. The Kier molecular flexibility index (Phi) is 4.70. The molecule has 0 aromatic carbocycles. The van der Waals surface area contributed by atoms with Crippen LogP contribution in [0, 0.1) is 5.92 Å². The van der Waals surface area contributed by atoms with Crippen LogP contribution in [0.5, 0.6) is 0 Å². The number of fused-ring (bicyclic) bond motifs is 1. The number of nitrogens with one attached hydrogen (secondary N) is 3. The van der Waals surface area contributed by atoms with Crippen LogP contribution in [0.15, 0.2) is 18.0 Å². The summed E-state index contributed by atoms with van der Waals surface area (Å²) >= 11 is 0. The fourth-order valence-corrected chi connectivity index (χ4v) is 4.29. The van der Waals surface area contributed by atoms with E-state index in [1.807, 2.05) is 11.0 Å². The molecule has 2 aromatic rings. The normalized spacial score (nSPS) is 22.1. The van der Waals surface area contributed by atoms with E-state index in [0.717, 1.165) is 24.5 Å². The van der Waals surface area contributed by atoms with Crippen molar-refractivity contribution in [3.63, 3.8) is 0 Å². The molecule has 4 amide bonds. The molecule has 2 saturated heterocycles. The predicted octanol–water partition coefficient (Wildman–Crippen LogP) is 0.933. The minimum absolute atomic E-state index is 0.168. The molecule has 0 atom stereocenters. The molecule has 0 radical (unpaired) electrons. The first-order valence-electron chi connectivity index (χ1n) is 11.6. The number of hydrogen-bond acceptors (Lipinski definition) is 7. The number of hydrogen-bond donors (Lipinski definition) is 3. The highest BCUT2D eigenvalue weighted by atomic mass is 16.2. The van der Waals surface area contributed by atoms with Gasteiger partial charge in [-0.3, -0.25) is 14.9 Å². The van der Waals surface area contributed by atoms with E-state index in [4.69, 9.17) is 4.98 Å². The van der Waals surface area contributed by atoms with Gasteiger partial charge in [-0.25, -0.2) is 9.78 Å². The Balaban J connectivity index is 1.28. The third-order valence-electron chi connectivity index (χ3n) is 6.55. The number of carbonyl (C=O) groups excluding carboxylic acids is 3. The van der Waals surface area contributed by atoms with Crippen molar-refractivity contribution < 1.29 is 14.4 Å². The number of amides is 4. The fourth-order valence-electron chi connectivity index (χ4n) is 4.29. The highest BCUT2D eigenvalue weighted by molar-refractivity contribution is 6.14. The third-order valence-corrected chi connectivity index (χ3v) is 6.55. The quantitative estimate of drug-likeness (QED) is 0.442. The van der Waals surface area contributed by atoms with Crippen molar-refractivity contribution in [1.82, 2.24) is 30.1 Å². The number of carbonyl (C=O) groups is 3. The molecule has 2 saturated carbocycles. The lowest BCUT2D eigenvalue weighted by molar-refractivity contribution is -0.131. The van der Waals surface area contributed by atoms with Crippen molar-refractivity contribution >= 4 is 41.2 Å². The average molecular weight is 451 g/mol. The standard InChI is InChI=1S/C22H26N8O3/c31-19(9-13-1-2-13)29-7-5-28(6-8-29)17-11-18(24-15-3-4-15)30-20(26-17)14(12-23-30)10-16-21(32)27-22(33)25-16/h10-13,15,24H,1-9H2,(H2,25,27,32,33). The zero-order valence-corrected chi connectivity index (χ0v) is 18.2. The summed E-state index contributed by atoms with van der Waals surface area (Å²) in [5.74, 6) is 2.03. The predicted molar refractivity (Wildman–Crippen MR) is 120 cm³/mol. The molecule has 6 rings (SSSR count). The fraction of sp³-hybridized carbons (Fsp3) is 0.500. The molecule has 2 aliphatic carbocycles. The molecule has 0 unspecified atom stereocenters. The lowest BCUT2D eigenvalue weighted by atomic mass is 10.2. The van der Waals surface area contributed by atoms with Crippen LogP contribution in [0.1, 0.15) is 37.7 Å². The van der Waals surface area contributed by atoms with Gasteiger partial charge in [0.2, 0.25) is 5.91 Å². The minimum atomic E-state index is -0.540. The van der Waals surface area contributed by atoms with Gasteiger partial charge in [-0.05, 0) is 37.7 Å². The van der Waals surface area contributed by atoms with Crippen molar-refractivity contribution in [2.45, 2.75) is 38.1 Å². The number of aromatic nitrogens is 3. The van der Waals surface area contributed by atoms with Crippen LogP contribution < -0.4 is 20.9 Å². The Bertz CT molecular complexity index is 1170. The molecule has 4 aliphatic rings. The van der Waals surface area contributed by atoms with Gasteiger partial charge in [0, 0.05) is 50.3 Å². The molecule has 11 heteroatoms. The molecule has 4 heterocycles. The lowest BCUT2D eigenvalue weighted by Gasteiger charge is -2.35. The second-order valence-electron chi connectivity index (χ2n) is 9.24. The molecule has 4 fully saturated rings. The van der Waals surface area contributed by atoms with Crippen LogP contribution in [0.4, 0.5) is 16.4 Å². The van der Waals surface area contributed by atoms with Crippen molar-refractivity contribution in [3.05, 3.63) is 23.5 Å². The Morgan fingerprint density at radius 2 is 1.91 bits per heavy atom. The molecule has 0 spiro atoms. The summed E-state index contributed by atoms with van der Waals surface area (Å²) in [6, 6.07) is 1.88. The number of rotatable bonds is 6. The van der Waals surface area contributed by atoms with E-state index < -0.39 is 11.9 Å². The van der Waals surface area contributed by atoms with Crippen LogP contribution in [-0.4, -0.2) is 69.6 Å². The smallest absolute Gasteiger partial charge is 0.326 e. The van der Waals surface area contributed by atoms with E-state index in [-0.39, 0.29) is 11.6 Å². The number of anilines is 2. The largest absolute Gasteiger partial charge is 0.367 e. The molecule has 33 heavy (non-hydrogen) atoms. The van der Waals surface area contributed by atoms with Gasteiger partial charge in [0.05, 0.1) is 6.20 Å². The van der Waals surface area contributed by atoms with Crippen molar-refractivity contribution in [3.8, 4) is 0 Å². The van der Waals surface area contributed by atoms with Crippen LogP contribution in [0.25, 0.3) is 11.7 Å². The van der Waals surface area contributed by atoms with Crippen LogP contribution in [-0.2, 0) is 9.59 Å². The van der Waals surface area contributed by atoms with Crippen LogP contribution >= 0.6 is 0 Å². The van der Waals surface area contributed by atoms with E-state index in [9.17, 15) is 14.4 Å². The topological polar surface area (TPSA) is 124 Å². The number of urea groups is 1. The SMILES string of the molecule is O=C1NC(=O)C(=Cc2cnn3c(NC4CC4)cc(N4CCN(C(=O)CC5CC5)CC4)nc23)N1. The molecule has 2 aromatic heterocycles. The first-order valence-corrected chi connectivity index (χ1v) is 11.6. The van der Waals surface area contributed by atoms with Crippen molar-refractivity contribution in [2.24, 2.45) is 5.92 Å². The van der Waals surface area contributed by atoms with Gasteiger partial charge in [-0.1, -0.05) is 0 Å². The van der Waals surface area contributed by atoms with E-state index in [2.05, 4.69) is 25.9 Å². The summed E-state index contributed by atoms with van der Waals surface area (Å²) in [6.45, 7) is 2.80. The minimum Gasteiger partial charge on any atom is -0.367 e. The maximum absolute atomic E-state index is 12.5. The summed E-state index contributed by atoms with van der Waals surface area (Å²) in [5, 5.41) is 12.7. The second-order valence-corrected chi connectivity index (χ2v) is 9.24. The maximum Gasteiger partial charge on any atom is 0.326 e. The summed E-state index contributed by atoms with van der Waals surface area (Å²) in [4.78, 5) is 44.9. The van der Waals surface area contributed by atoms with Gasteiger partial charge in [0.15, 0.2) is 5.65 Å². The van der Waals surface area contributed by atoms with Gasteiger partial charge < -0.3 is 20.4 Å². The monoisotopic (exact) mass is 450 g/mol. The van der Waals surface area contributed by atoms with E-state index in [1.165, 1.54) is 12.8 Å². The highest BCUT2D eigenvalue weighted by Gasteiger charge is 2.30. The lowest BCUT2D eigenvalue weighted by Crippen LogP contribution is -2.49. The van der Waals surface area contributed by atoms with Crippen LogP contribution in [0.2, 0.25) is 0 Å². The van der Waals surface area contributed by atoms with Gasteiger partial charge in [-0.2, -0.15) is 9.61 Å². The summed E-state index contributed by atoms with van der Waals surface area (Å²) in [5.41, 5.74) is 1.41. The van der Waals surface area contributed by atoms with Gasteiger partial charge in [-0.15, -0.1) is 0 Å². The summed E-state index contributed by atoms with van der Waals surface area (Å²) in [6.07, 6.45) is 8.51. The summed E-state index contributed by atoms with van der Waals surface area (Å²) in [7, 11) is 0. The molecule has 3 N–H and O–H groups in total. The molecular formula is C22H26N8O3. The van der Waals surface area contributed by atoms with Crippen LogP contribution in [0.3, 0.4) is 0 Å². The Morgan fingerprint density at radius 1 is 1.12 bits per heavy atom. The molecule has 0 bridgehead atoms. The van der Waals surface area contributed by atoms with E-state index in [0.29, 0.717) is 55.8 Å². The Labute approximate surface area is 190 Å². The summed E-state index contributed by atoms with van der Waals surface area (Å²) < 4.78 is 1.73. The van der Waals surface area contributed by atoms with E-state index >= 15 is 0 Å².